The van der Waals surface area contributed by atoms with E-state index in [1.165, 1.54) is 11.6 Å². The van der Waals surface area contributed by atoms with Gasteiger partial charge in [-0.3, -0.25) is 13.9 Å². The average molecular weight is 395 g/mol. The molecule has 148 valence electrons. The molecule has 3 heterocycles. The van der Waals surface area contributed by atoms with Gasteiger partial charge in [0.1, 0.15) is 11.3 Å². The second-order valence-corrected chi connectivity index (χ2v) is 9.89. The van der Waals surface area contributed by atoms with E-state index in [-0.39, 0.29) is 16.7 Å². The topological polar surface area (TPSA) is 110 Å². The Morgan fingerprint density at radius 1 is 1.04 bits per heavy atom. The number of hydrogen-bond donors (Lipinski definition) is 1. The van der Waals surface area contributed by atoms with Crippen molar-refractivity contribution in [1.29, 1.82) is 0 Å². The number of aromatic nitrogens is 4. The minimum Gasteiger partial charge on any atom is -0.336 e. The van der Waals surface area contributed by atoms with Gasteiger partial charge >= 0.3 is 5.69 Å². The minimum absolute atomic E-state index is 0.109. The molecule has 2 fully saturated rings. The molecular formula is C17H25N5O4S. The number of hydrogen-bond acceptors (Lipinski definition) is 5. The fourth-order valence-corrected chi connectivity index (χ4v) is 6.45. The summed E-state index contributed by atoms with van der Waals surface area (Å²) in [4.78, 5) is 32.0. The van der Waals surface area contributed by atoms with Crippen LogP contribution in [0.3, 0.4) is 0 Å². The summed E-state index contributed by atoms with van der Waals surface area (Å²) in [6, 6.07) is 0. The van der Waals surface area contributed by atoms with E-state index in [1.807, 2.05) is 0 Å². The molecule has 0 amide bonds. The van der Waals surface area contributed by atoms with Crippen LogP contribution in [0.4, 0.5) is 0 Å². The van der Waals surface area contributed by atoms with E-state index >= 15 is 0 Å². The number of aromatic amines is 1. The van der Waals surface area contributed by atoms with Crippen molar-refractivity contribution in [3.05, 3.63) is 26.7 Å². The zero-order valence-corrected chi connectivity index (χ0v) is 16.5. The lowest BCUT2D eigenvalue weighted by Crippen LogP contribution is -2.43. The smallest absolute Gasteiger partial charge is 0.332 e. The highest BCUT2D eigenvalue weighted by Crippen LogP contribution is 2.32. The molecule has 9 nitrogen and oxygen atoms in total. The highest BCUT2D eigenvalue weighted by atomic mass is 32.2. The maximum absolute atomic E-state index is 12.9. The molecule has 0 radical (unpaired) electrons. The first-order chi connectivity index (χ1) is 12.8. The van der Waals surface area contributed by atoms with E-state index in [0.29, 0.717) is 24.6 Å². The Morgan fingerprint density at radius 3 is 2.44 bits per heavy atom. The number of nitrogens with one attached hydrogen (secondary N) is 1. The summed E-state index contributed by atoms with van der Waals surface area (Å²) < 4.78 is 29.8. The summed E-state index contributed by atoms with van der Waals surface area (Å²) in [7, 11) is -0.284. The third-order valence-electron chi connectivity index (χ3n) is 5.97. The standard InChI is InChI=1S/C17H25N5O4S/c1-20-15-13(16(23)21(2)17(20)24)18-14(19-15)11-6-5-9-22(10-11)27(25,26)12-7-3-4-8-12/h11-12H,3-10H2,1-2H3,(H,18,19). The highest BCUT2D eigenvalue weighted by Gasteiger charge is 2.37. The Morgan fingerprint density at radius 2 is 1.74 bits per heavy atom. The molecule has 4 rings (SSSR count). The molecule has 1 aliphatic carbocycles. The Labute approximate surface area is 157 Å². The summed E-state index contributed by atoms with van der Waals surface area (Å²) in [5, 5.41) is -0.264. The molecule has 1 saturated carbocycles. The van der Waals surface area contributed by atoms with E-state index in [9.17, 15) is 18.0 Å². The average Bonchev–Trinajstić information content (AvgIpc) is 3.35. The van der Waals surface area contributed by atoms with Crippen molar-refractivity contribution in [2.24, 2.45) is 14.1 Å². The van der Waals surface area contributed by atoms with Crippen LogP contribution in [0.25, 0.3) is 11.2 Å². The molecule has 1 atom stereocenters. The third kappa shape index (κ3) is 2.94. The van der Waals surface area contributed by atoms with Crippen LogP contribution >= 0.6 is 0 Å². The summed E-state index contributed by atoms with van der Waals surface area (Å²) >= 11 is 0. The minimum atomic E-state index is -3.29. The molecular weight excluding hydrogens is 370 g/mol. The van der Waals surface area contributed by atoms with Crippen LogP contribution in [0.2, 0.25) is 0 Å². The highest BCUT2D eigenvalue weighted by molar-refractivity contribution is 7.89. The number of fused-ring (bicyclic) bond motifs is 1. The van der Waals surface area contributed by atoms with Crippen LogP contribution in [0.5, 0.6) is 0 Å². The van der Waals surface area contributed by atoms with Crippen LogP contribution in [0, 0.1) is 0 Å². The van der Waals surface area contributed by atoms with Gasteiger partial charge in [-0.15, -0.1) is 0 Å². The van der Waals surface area contributed by atoms with Crippen LogP contribution in [-0.4, -0.2) is 50.2 Å². The summed E-state index contributed by atoms with van der Waals surface area (Å²) in [6.07, 6.45) is 4.98. The van der Waals surface area contributed by atoms with Crippen LogP contribution < -0.4 is 11.2 Å². The van der Waals surface area contributed by atoms with Gasteiger partial charge in [0.15, 0.2) is 5.65 Å². The quantitative estimate of drug-likeness (QED) is 0.809. The zero-order valence-electron chi connectivity index (χ0n) is 15.6. The number of nitrogens with zero attached hydrogens (tertiary/aromatic N) is 4. The molecule has 1 N–H and O–H groups in total. The van der Waals surface area contributed by atoms with Gasteiger partial charge in [-0.05, 0) is 25.7 Å². The molecule has 2 aromatic heterocycles. The van der Waals surface area contributed by atoms with Crippen LogP contribution in [0.15, 0.2) is 9.59 Å². The number of H-pyrrole nitrogens is 1. The number of sulfonamides is 1. The molecule has 1 saturated heterocycles. The van der Waals surface area contributed by atoms with Crippen molar-refractivity contribution in [2.45, 2.75) is 49.7 Å². The van der Waals surface area contributed by atoms with Crippen LogP contribution in [0.1, 0.15) is 50.3 Å². The molecule has 2 aliphatic rings. The van der Waals surface area contributed by atoms with Crippen LogP contribution in [-0.2, 0) is 24.1 Å². The predicted octanol–water partition coefficient (Wildman–Crippen LogP) is 0.412. The first-order valence-electron chi connectivity index (χ1n) is 9.45. The number of rotatable bonds is 3. The number of piperidine rings is 1. The van der Waals surface area contributed by atoms with Crippen molar-refractivity contribution in [2.75, 3.05) is 13.1 Å². The Hall–Kier alpha value is -1.94. The molecule has 0 aromatic carbocycles. The summed E-state index contributed by atoms with van der Waals surface area (Å²) in [5.41, 5.74) is -0.253. The Bertz CT molecular complexity index is 1090. The van der Waals surface area contributed by atoms with Gasteiger partial charge in [0.25, 0.3) is 5.56 Å². The number of aryl methyl sites for hydroxylation is 1. The molecule has 27 heavy (non-hydrogen) atoms. The zero-order chi connectivity index (χ0) is 19.3. The van der Waals surface area contributed by atoms with Crippen molar-refractivity contribution in [3.8, 4) is 0 Å². The van der Waals surface area contributed by atoms with Crippen molar-refractivity contribution in [1.82, 2.24) is 23.4 Å². The van der Waals surface area contributed by atoms with Gasteiger partial charge in [-0.2, -0.15) is 0 Å². The lowest BCUT2D eigenvalue weighted by atomic mass is 9.99. The molecule has 0 bridgehead atoms. The fourth-order valence-electron chi connectivity index (χ4n) is 4.33. The van der Waals surface area contributed by atoms with Gasteiger partial charge in [-0.1, -0.05) is 12.8 Å². The van der Waals surface area contributed by atoms with E-state index < -0.39 is 21.3 Å². The normalized spacial score (nSPS) is 22.7. The van der Waals surface area contributed by atoms with E-state index in [4.69, 9.17) is 0 Å². The summed E-state index contributed by atoms with van der Waals surface area (Å²) in [5.74, 6) is 0.469. The van der Waals surface area contributed by atoms with Crippen molar-refractivity contribution < 1.29 is 8.42 Å². The monoisotopic (exact) mass is 395 g/mol. The van der Waals surface area contributed by atoms with Gasteiger partial charge < -0.3 is 4.98 Å². The Kier molecular flexibility index (Phi) is 4.50. The maximum Gasteiger partial charge on any atom is 0.332 e. The maximum atomic E-state index is 12.9. The SMILES string of the molecule is Cn1c(=O)c2[nH]c(C3CCCN(S(=O)(=O)C4CCCC4)C3)nc2n(C)c1=O. The fraction of sp³-hybridized carbons (Fsp3) is 0.706. The van der Waals surface area contributed by atoms with Crippen molar-refractivity contribution >= 4 is 21.2 Å². The molecule has 1 aliphatic heterocycles. The Balaban J connectivity index is 1.68. The predicted molar refractivity (Wildman–Crippen MR) is 101 cm³/mol. The van der Waals surface area contributed by atoms with E-state index in [0.717, 1.165) is 43.1 Å². The second kappa shape index (κ2) is 6.59. The molecule has 1 unspecified atom stereocenters. The van der Waals surface area contributed by atoms with Gasteiger partial charge in [-0.25, -0.2) is 22.5 Å². The molecule has 0 spiro atoms. The first-order valence-corrected chi connectivity index (χ1v) is 11.0. The van der Waals surface area contributed by atoms with Gasteiger partial charge in [0.05, 0.1) is 5.25 Å². The van der Waals surface area contributed by atoms with Gasteiger partial charge in [0.2, 0.25) is 10.0 Å². The lowest BCUT2D eigenvalue weighted by Gasteiger charge is -2.32. The largest absolute Gasteiger partial charge is 0.336 e. The first kappa shape index (κ1) is 18.4. The summed E-state index contributed by atoms with van der Waals surface area (Å²) in [6.45, 7) is 0.905. The van der Waals surface area contributed by atoms with E-state index in [1.54, 1.807) is 11.4 Å². The third-order valence-corrected chi connectivity index (χ3v) is 8.33. The number of imidazole rings is 1. The lowest BCUT2D eigenvalue weighted by molar-refractivity contribution is 0.307. The van der Waals surface area contributed by atoms with Gasteiger partial charge in [0, 0.05) is 33.1 Å². The van der Waals surface area contributed by atoms with E-state index in [2.05, 4.69) is 9.97 Å². The second-order valence-electron chi connectivity index (χ2n) is 7.67. The van der Waals surface area contributed by atoms with Crippen molar-refractivity contribution in [3.63, 3.8) is 0 Å². The molecule has 2 aromatic rings. The molecule has 10 heteroatoms.